The van der Waals surface area contributed by atoms with E-state index < -0.39 is 0 Å². The zero-order chi connectivity index (χ0) is 27.9. The van der Waals surface area contributed by atoms with Crippen molar-refractivity contribution in [3.63, 3.8) is 0 Å². The van der Waals surface area contributed by atoms with Crippen LogP contribution in [0.1, 0.15) is 0 Å². The molecule has 0 aliphatic rings. The molecule has 8 nitrogen and oxygen atoms in total. The van der Waals surface area contributed by atoms with E-state index in [1.165, 1.54) is 0 Å². The Bertz CT molecular complexity index is 462. The van der Waals surface area contributed by atoms with Crippen molar-refractivity contribution >= 4 is 70.6 Å². The highest BCUT2D eigenvalue weighted by atomic mass is 32.2. The lowest BCUT2D eigenvalue weighted by Crippen LogP contribution is -2.21. The molecule has 0 saturated carbocycles. The monoisotopic (exact) mass is 658 g/mol. The zero-order valence-electron chi connectivity index (χ0n) is 22.7. The van der Waals surface area contributed by atoms with Crippen LogP contribution in [0.5, 0.6) is 0 Å². The number of hydrogen-bond acceptors (Lipinski definition) is 14. The predicted molar refractivity (Wildman–Crippen MR) is 173 cm³/mol. The van der Waals surface area contributed by atoms with Gasteiger partial charge in [-0.1, -0.05) is 0 Å². The van der Waals surface area contributed by atoms with E-state index in [2.05, 4.69) is 0 Å². The van der Waals surface area contributed by atoms with Gasteiger partial charge in [-0.25, -0.2) is 0 Å². The van der Waals surface area contributed by atoms with Gasteiger partial charge < -0.3 is 39.4 Å². The maximum Gasteiger partial charge on any atom is 0.0700 e. The van der Waals surface area contributed by atoms with Crippen molar-refractivity contribution in [2.75, 3.05) is 132 Å². The van der Waals surface area contributed by atoms with E-state index in [0.29, 0.717) is 73.5 Å². The summed E-state index contributed by atoms with van der Waals surface area (Å²) in [5.41, 5.74) is 0. The molecule has 0 fully saturated rings. The molecule has 0 amide bonds. The van der Waals surface area contributed by atoms with Crippen LogP contribution in [-0.4, -0.2) is 168 Å². The summed E-state index contributed by atoms with van der Waals surface area (Å²) in [6.45, 7) is 5.26. The highest BCUT2D eigenvalue weighted by Crippen LogP contribution is 2.20. The van der Waals surface area contributed by atoms with Gasteiger partial charge in [-0.15, -0.1) is 0 Å². The third-order valence-corrected chi connectivity index (χ3v) is 12.1. The lowest BCUT2D eigenvalue weighted by atomic mass is 10.5. The van der Waals surface area contributed by atoms with Crippen molar-refractivity contribution in [3.05, 3.63) is 0 Å². The normalized spacial score (nSPS) is 14.1. The molecule has 38 heavy (non-hydrogen) atoms. The Morgan fingerprint density at radius 2 is 0.868 bits per heavy atom. The molecule has 0 aromatic carbocycles. The van der Waals surface area contributed by atoms with Gasteiger partial charge >= 0.3 is 0 Å². The smallest absolute Gasteiger partial charge is 0.0700 e. The number of rotatable bonds is 32. The molecule has 0 aromatic heterocycles. The average Bonchev–Trinajstić information content (AvgIpc) is 2.93. The van der Waals surface area contributed by atoms with Gasteiger partial charge in [0, 0.05) is 74.6 Å². The summed E-state index contributed by atoms with van der Waals surface area (Å²) in [5.74, 6) is 7.49. The summed E-state index contributed by atoms with van der Waals surface area (Å²) >= 11 is 10.6. The SMILES string of the molecule is COCCOCC(CSCCOCC(CSCCO)SCCO)SCCOCC(CSCCO)SCCO. The number of aliphatic hydroxyl groups is 4. The van der Waals surface area contributed by atoms with Crippen LogP contribution in [0.3, 0.4) is 0 Å². The van der Waals surface area contributed by atoms with Gasteiger partial charge in [0.15, 0.2) is 0 Å². The Kier molecular flexibility index (Phi) is 34.8. The summed E-state index contributed by atoms with van der Waals surface area (Å²) in [7, 11) is 1.68. The molecule has 0 saturated heterocycles. The number of hydrogen-bond donors (Lipinski definition) is 4. The minimum Gasteiger partial charge on any atom is -0.396 e. The van der Waals surface area contributed by atoms with E-state index in [1.54, 1.807) is 54.2 Å². The molecule has 0 heterocycles. The van der Waals surface area contributed by atoms with Crippen molar-refractivity contribution in [2.45, 2.75) is 15.7 Å². The Morgan fingerprint density at radius 3 is 1.32 bits per heavy atom. The maximum atomic E-state index is 9.12. The molecule has 0 radical (unpaired) electrons. The fourth-order valence-corrected chi connectivity index (χ4v) is 8.92. The van der Waals surface area contributed by atoms with E-state index in [-0.39, 0.29) is 26.4 Å². The second-order valence-electron chi connectivity index (χ2n) is 7.82. The molecule has 0 bridgehead atoms. The minimum atomic E-state index is 0.169. The van der Waals surface area contributed by atoms with Gasteiger partial charge in [0.1, 0.15) is 0 Å². The van der Waals surface area contributed by atoms with Gasteiger partial charge in [0.25, 0.3) is 0 Å². The largest absolute Gasteiger partial charge is 0.396 e. The van der Waals surface area contributed by atoms with Crippen molar-refractivity contribution in [1.82, 2.24) is 0 Å². The third-order valence-electron chi connectivity index (χ3n) is 4.57. The number of aliphatic hydroxyl groups excluding tert-OH is 4. The van der Waals surface area contributed by atoms with Crippen molar-refractivity contribution in [2.24, 2.45) is 0 Å². The van der Waals surface area contributed by atoms with E-state index in [4.69, 9.17) is 39.4 Å². The molecule has 0 aliphatic heterocycles. The van der Waals surface area contributed by atoms with Gasteiger partial charge in [-0.05, 0) is 0 Å². The number of thioether (sulfide) groups is 6. The van der Waals surface area contributed by atoms with Gasteiger partial charge in [0.05, 0.1) is 72.7 Å². The van der Waals surface area contributed by atoms with E-state index in [0.717, 1.165) is 40.3 Å². The second-order valence-corrected chi connectivity index (χ2v) is 15.5. The van der Waals surface area contributed by atoms with Crippen LogP contribution in [-0.2, 0) is 18.9 Å². The predicted octanol–water partition coefficient (Wildman–Crippen LogP) is 2.16. The van der Waals surface area contributed by atoms with E-state index in [9.17, 15) is 0 Å². The Hall–Kier alpha value is 1.78. The fraction of sp³-hybridized carbons (Fsp3) is 1.00. The minimum absolute atomic E-state index is 0.169. The standard InChI is InChI=1S/C24H50O8S6/c1-29-6-7-30-16-24(38-15-9-32-18-23(37-13-5-28)20-34-11-3-26)21-35-14-8-31-17-22(36-12-4-27)19-33-10-2-25/h22-28H,2-21H2,1H3. The lowest BCUT2D eigenvalue weighted by Gasteiger charge is -2.19. The summed E-state index contributed by atoms with van der Waals surface area (Å²) in [4.78, 5) is 0. The van der Waals surface area contributed by atoms with E-state index in [1.807, 2.05) is 23.5 Å². The van der Waals surface area contributed by atoms with Gasteiger partial charge in [0.2, 0.25) is 0 Å². The van der Waals surface area contributed by atoms with Crippen molar-refractivity contribution in [1.29, 1.82) is 0 Å². The average molecular weight is 659 g/mol. The Balaban J connectivity index is 4.23. The highest BCUT2D eigenvalue weighted by Gasteiger charge is 2.13. The molecule has 0 aromatic rings. The van der Waals surface area contributed by atoms with Crippen LogP contribution >= 0.6 is 70.6 Å². The molecule has 0 aliphatic carbocycles. The highest BCUT2D eigenvalue weighted by molar-refractivity contribution is 8.04. The van der Waals surface area contributed by atoms with Crippen LogP contribution in [0.15, 0.2) is 0 Å². The molecular formula is C24H50O8S6. The quantitative estimate of drug-likeness (QED) is 0.0791. The van der Waals surface area contributed by atoms with Crippen LogP contribution in [0.2, 0.25) is 0 Å². The van der Waals surface area contributed by atoms with Gasteiger partial charge in [-0.2, -0.15) is 70.6 Å². The molecule has 230 valence electrons. The molecule has 0 rings (SSSR count). The Labute approximate surface area is 256 Å². The van der Waals surface area contributed by atoms with Gasteiger partial charge in [-0.3, -0.25) is 0 Å². The first-order valence-electron chi connectivity index (χ1n) is 12.9. The number of methoxy groups -OCH3 is 1. The first-order valence-corrected chi connectivity index (χ1v) is 19.6. The molecule has 14 heteroatoms. The summed E-state index contributed by atoms with van der Waals surface area (Å²) in [6.07, 6.45) is 0. The van der Waals surface area contributed by atoms with Crippen LogP contribution in [0.4, 0.5) is 0 Å². The first-order chi connectivity index (χ1) is 18.7. The van der Waals surface area contributed by atoms with Crippen molar-refractivity contribution < 1.29 is 39.4 Å². The molecule has 3 atom stereocenters. The lowest BCUT2D eigenvalue weighted by molar-refractivity contribution is 0.0729. The Morgan fingerprint density at radius 1 is 0.474 bits per heavy atom. The molecule has 3 unspecified atom stereocenters. The summed E-state index contributed by atoms with van der Waals surface area (Å²) < 4.78 is 22.7. The first kappa shape index (κ1) is 39.8. The molecular weight excluding hydrogens is 609 g/mol. The number of ether oxygens (including phenoxy) is 4. The molecule has 0 spiro atoms. The zero-order valence-corrected chi connectivity index (χ0v) is 27.6. The van der Waals surface area contributed by atoms with Crippen molar-refractivity contribution in [3.8, 4) is 0 Å². The summed E-state index contributed by atoms with van der Waals surface area (Å²) in [5, 5.41) is 37.2. The van der Waals surface area contributed by atoms with Crippen LogP contribution < -0.4 is 0 Å². The maximum absolute atomic E-state index is 9.12. The second kappa shape index (κ2) is 33.3. The van der Waals surface area contributed by atoms with Crippen LogP contribution in [0.25, 0.3) is 0 Å². The third kappa shape index (κ3) is 27.9. The topological polar surface area (TPSA) is 118 Å². The fourth-order valence-electron chi connectivity index (χ4n) is 2.82. The summed E-state index contributed by atoms with van der Waals surface area (Å²) in [6, 6.07) is 0. The van der Waals surface area contributed by atoms with Crippen LogP contribution in [0, 0.1) is 0 Å². The molecule has 4 N–H and O–H groups in total. The van der Waals surface area contributed by atoms with E-state index >= 15 is 0 Å².